The largest absolute Gasteiger partial charge is 0.352 e. The lowest BCUT2D eigenvalue weighted by atomic mass is 10.0. The normalized spacial score (nSPS) is 18.0. The molecule has 1 unspecified atom stereocenters. The molecule has 1 aromatic carbocycles. The van der Waals surface area contributed by atoms with Crippen LogP contribution in [0.3, 0.4) is 0 Å². The first kappa shape index (κ1) is 15.6. The van der Waals surface area contributed by atoms with Crippen molar-refractivity contribution in [3.05, 3.63) is 41.8 Å². The first-order valence-corrected chi connectivity index (χ1v) is 8.21. The van der Waals surface area contributed by atoms with Crippen LogP contribution in [0.1, 0.15) is 38.2 Å². The van der Waals surface area contributed by atoms with Crippen molar-refractivity contribution in [3.8, 4) is 0 Å². The van der Waals surface area contributed by atoms with Gasteiger partial charge in [0.15, 0.2) is 5.82 Å². The zero-order chi connectivity index (χ0) is 16.1. The summed E-state index contributed by atoms with van der Waals surface area (Å²) in [7, 11) is 0. The Balaban J connectivity index is 1.68. The molecule has 1 aromatic heterocycles. The van der Waals surface area contributed by atoms with Crippen molar-refractivity contribution in [2.75, 3.05) is 16.8 Å². The molecule has 0 saturated carbocycles. The molecule has 2 heterocycles. The van der Waals surface area contributed by atoms with Crippen molar-refractivity contribution in [2.45, 2.75) is 45.2 Å². The summed E-state index contributed by atoms with van der Waals surface area (Å²) in [5, 5.41) is 11.3. The van der Waals surface area contributed by atoms with Gasteiger partial charge in [0.1, 0.15) is 5.82 Å². The van der Waals surface area contributed by atoms with E-state index in [0.717, 1.165) is 24.3 Å². The van der Waals surface area contributed by atoms with Gasteiger partial charge in [-0.15, -0.1) is 5.10 Å². The van der Waals surface area contributed by atoms with Crippen LogP contribution in [0.4, 0.5) is 16.2 Å². The Kier molecular flexibility index (Phi) is 5.00. The number of nitrogens with one attached hydrogen (secondary N) is 1. The predicted octanol–water partition coefficient (Wildman–Crippen LogP) is 3.39. The maximum absolute atomic E-state index is 12.9. The Labute approximate surface area is 136 Å². The maximum Gasteiger partial charge on any atom is 0.244 e. The van der Waals surface area contributed by atoms with Crippen LogP contribution < -0.4 is 10.2 Å². The molecule has 1 atom stereocenters. The molecular formula is C17H22FN5. The molecule has 6 heteroatoms. The van der Waals surface area contributed by atoms with E-state index in [9.17, 15) is 4.39 Å². The third kappa shape index (κ3) is 3.94. The van der Waals surface area contributed by atoms with Crippen LogP contribution in [0.25, 0.3) is 0 Å². The molecule has 122 valence electrons. The SMILES string of the molecule is CCC1CCCCN1c1cnnc(NCc2ccc(F)cc2)n1. The average molecular weight is 315 g/mol. The van der Waals surface area contributed by atoms with Crippen molar-refractivity contribution < 1.29 is 4.39 Å². The highest BCUT2D eigenvalue weighted by Crippen LogP contribution is 2.24. The summed E-state index contributed by atoms with van der Waals surface area (Å²) in [6, 6.07) is 6.93. The standard InChI is InChI=1S/C17H22FN5/c1-2-15-5-3-4-10-23(15)16-12-20-22-17(21-16)19-11-13-6-8-14(18)9-7-13/h6-9,12,15H,2-5,10-11H2,1H3,(H,19,21,22). The van der Waals surface area contributed by atoms with E-state index in [1.54, 1.807) is 18.3 Å². The summed E-state index contributed by atoms with van der Waals surface area (Å²) in [6.45, 7) is 3.78. The summed E-state index contributed by atoms with van der Waals surface area (Å²) in [5.74, 6) is 1.16. The number of hydrogen-bond acceptors (Lipinski definition) is 5. The molecule has 1 saturated heterocycles. The highest BCUT2D eigenvalue weighted by atomic mass is 19.1. The Morgan fingerprint density at radius 3 is 2.87 bits per heavy atom. The first-order valence-electron chi connectivity index (χ1n) is 8.21. The fourth-order valence-corrected chi connectivity index (χ4v) is 3.02. The van der Waals surface area contributed by atoms with Gasteiger partial charge in [-0.1, -0.05) is 19.1 Å². The van der Waals surface area contributed by atoms with Crippen LogP contribution in [0.5, 0.6) is 0 Å². The number of rotatable bonds is 5. The molecule has 5 nitrogen and oxygen atoms in total. The van der Waals surface area contributed by atoms with Crippen molar-refractivity contribution in [1.82, 2.24) is 15.2 Å². The molecule has 0 spiro atoms. The Morgan fingerprint density at radius 1 is 1.26 bits per heavy atom. The molecule has 0 amide bonds. The Hall–Kier alpha value is -2.24. The van der Waals surface area contributed by atoms with E-state index < -0.39 is 0 Å². The number of hydrogen-bond donors (Lipinski definition) is 1. The summed E-state index contributed by atoms with van der Waals surface area (Å²) in [5.41, 5.74) is 0.977. The Bertz CT molecular complexity index is 631. The summed E-state index contributed by atoms with van der Waals surface area (Å²) in [6.07, 6.45) is 6.53. The van der Waals surface area contributed by atoms with Gasteiger partial charge in [0, 0.05) is 19.1 Å². The Morgan fingerprint density at radius 2 is 2.09 bits per heavy atom. The minimum absolute atomic E-state index is 0.232. The van der Waals surface area contributed by atoms with E-state index in [1.165, 1.54) is 31.4 Å². The van der Waals surface area contributed by atoms with Crippen LogP contribution in [-0.2, 0) is 6.54 Å². The quantitative estimate of drug-likeness (QED) is 0.916. The van der Waals surface area contributed by atoms with Gasteiger partial charge in [0.25, 0.3) is 0 Å². The number of nitrogens with zero attached hydrogens (tertiary/aromatic N) is 4. The van der Waals surface area contributed by atoms with Crippen LogP contribution in [0.15, 0.2) is 30.5 Å². The average Bonchev–Trinajstić information content (AvgIpc) is 2.61. The lowest BCUT2D eigenvalue weighted by Gasteiger charge is -2.35. The van der Waals surface area contributed by atoms with Crippen molar-refractivity contribution in [3.63, 3.8) is 0 Å². The molecule has 0 radical (unpaired) electrons. The maximum atomic E-state index is 12.9. The number of anilines is 2. The van der Waals surface area contributed by atoms with Crippen molar-refractivity contribution in [1.29, 1.82) is 0 Å². The molecule has 1 aliphatic heterocycles. The van der Waals surface area contributed by atoms with Gasteiger partial charge in [-0.3, -0.25) is 0 Å². The smallest absolute Gasteiger partial charge is 0.244 e. The number of piperidine rings is 1. The summed E-state index contributed by atoms with van der Waals surface area (Å²) >= 11 is 0. The highest BCUT2D eigenvalue weighted by Gasteiger charge is 2.22. The zero-order valence-corrected chi connectivity index (χ0v) is 13.4. The fourth-order valence-electron chi connectivity index (χ4n) is 3.02. The number of halogens is 1. The van der Waals surface area contributed by atoms with Crippen molar-refractivity contribution >= 4 is 11.8 Å². The van der Waals surface area contributed by atoms with Gasteiger partial charge in [0.2, 0.25) is 5.95 Å². The summed E-state index contributed by atoms with van der Waals surface area (Å²) < 4.78 is 12.9. The second kappa shape index (κ2) is 7.35. The molecule has 1 aliphatic rings. The second-order valence-electron chi connectivity index (χ2n) is 5.87. The fraction of sp³-hybridized carbons (Fsp3) is 0.471. The zero-order valence-electron chi connectivity index (χ0n) is 13.4. The van der Waals surface area contributed by atoms with Crippen LogP contribution >= 0.6 is 0 Å². The minimum Gasteiger partial charge on any atom is -0.352 e. The third-order valence-electron chi connectivity index (χ3n) is 4.30. The van der Waals surface area contributed by atoms with Gasteiger partial charge < -0.3 is 10.2 Å². The lowest BCUT2D eigenvalue weighted by molar-refractivity contribution is 0.446. The van der Waals surface area contributed by atoms with Crippen LogP contribution in [0.2, 0.25) is 0 Å². The van der Waals surface area contributed by atoms with Gasteiger partial charge >= 0.3 is 0 Å². The highest BCUT2D eigenvalue weighted by molar-refractivity contribution is 5.42. The predicted molar refractivity (Wildman–Crippen MR) is 88.8 cm³/mol. The lowest BCUT2D eigenvalue weighted by Crippen LogP contribution is -2.39. The van der Waals surface area contributed by atoms with Gasteiger partial charge in [-0.05, 0) is 43.4 Å². The van der Waals surface area contributed by atoms with Crippen LogP contribution in [-0.4, -0.2) is 27.8 Å². The molecule has 2 aromatic rings. The van der Waals surface area contributed by atoms with E-state index in [1.807, 2.05) is 0 Å². The minimum atomic E-state index is -0.232. The first-order chi connectivity index (χ1) is 11.3. The molecule has 23 heavy (non-hydrogen) atoms. The second-order valence-corrected chi connectivity index (χ2v) is 5.87. The van der Waals surface area contributed by atoms with E-state index >= 15 is 0 Å². The molecule has 1 fully saturated rings. The molecule has 0 aliphatic carbocycles. The molecule has 3 rings (SSSR count). The monoisotopic (exact) mass is 315 g/mol. The van der Waals surface area contributed by atoms with E-state index in [2.05, 4.69) is 32.3 Å². The van der Waals surface area contributed by atoms with Crippen LogP contribution in [0, 0.1) is 5.82 Å². The molecular weight excluding hydrogens is 293 g/mol. The molecule has 1 N–H and O–H groups in total. The van der Waals surface area contributed by atoms with Gasteiger partial charge in [-0.25, -0.2) is 4.39 Å². The number of aromatic nitrogens is 3. The van der Waals surface area contributed by atoms with Gasteiger partial charge in [-0.2, -0.15) is 10.1 Å². The van der Waals surface area contributed by atoms with Crippen molar-refractivity contribution in [2.24, 2.45) is 0 Å². The third-order valence-corrected chi connectivity index (χ3v) is 4.30. The van der Waals surface area contributed by atoms with E-state index in [4.69, 9.17) is 0 Å². The number of benzene rings is 1. The van der Waals surface area contributed by atoms with E-state index in [-0.39, 0.29) is 5.82 Å². The topological polar surface area (TPSA) is 53.9 Å². The van der Waals surface area contributed by atoms with Gasteiger partial charge in [0.05, 0.1) is 6.20 Å². The van der Waals surface area contributed by atoms with E-state index in [0.29, 0.717) is 18.5 Å². The summed E-state index contributed by atoms with van der Waals surface area (Å²) in [4.78, 5) is 6.93. The molecule has 0 bridgehead atoms.